The number of nitrogens with zero attached hydrogens (tertiary/aromatic N) is 1. The molecular formula is C32H34N2O6. The van der Waals surface area contributed by atoms with Crippen LogP contribution in [-0.2, 0) is 14.3 Å². The molecular weight excluding hydrogens is 508 g/mol. The molecule has 0 aliphatic heterocycles. The van der Waals surface area contributed by atoms with Crippen molar-refractivity contribution in [1.82, 2.24) is 10.3 Å². The largest absolute Gasteiger partial charge is 0.493 e. The van der Waals surface area contributed by atoms with Gasteiger partial charge in [0, 0.05) is 24.3 Å². The second kappa shape index (κ2) is 12.6. The van der Waals surface area contributed by atoms with Crippen molar-refractivity contribution in [2.24, 2.45) is 5.92 Å². The Morgan fingerprint density at radius 1 is 0.950 bits per heavy atom. The van der Waals surface area contributed by atoms with E-state index in [0.29, 0.717) is 11.7 Å². The SMILES string of the molecule is COc1ccnc(C(=O)N[C@@H](C)C(=O)OC(C)=C(c2ccc(C)cc2)c2ccc(C)cc2)c1OC(=O)CC1CC1. The zero-order chi connectivity index (χ0) is 28.8. The van der Waals surface area contributed by atoms with Crippen LogP contribution in [0.2, 0.25) is 0 Å². The first-order valence-electron chi connectivity index (χ1n) is 13.3. The van der Waals surface area contributed by atoms with Crippen molar-refractivity contribution in [3.63, 3.8) is 0 Å². The number of ether oxygens (including phenoxy) is 3. The molecule has 40 heavy (non-hydrogen) atoms. The number of amides is 1. The van der Waals surface area contributed by atoms with Crippen molar-refractivity contribution in [3.8, 4) is 11.5 Å². The number of aryl methyl sites for hydroxylation is 2. The Balaban J connectivity index is 1.53. The van der Waals surface area contributed by atoms with Crippen LogP contribution in [0.25, 0.3) is 5.57 Å². The van der Waals surface area contributed by atoms with Gasteiger partial charge in [-0.25, -0.2) is 9.78 Å². The number of carbonyl (C=O) groups is 3. The van der Waals surface area contributed by atoms with E-state index >= 15 is 0 Å². The molecule has 0 bridgehead atoms. The molecule has 3 aromatic rings. The molecule has 8 nitrogen and oxygen atoms in total. The summed E-state index contributed by atoms with van der Waals surface area (Å²) in [7, 11) is 1.41. The zero-order valence-electron chi connectivity index (χ0n) is 23.4. The van der Waals surface area contributed by atoms with E-state index in [4.69, 9.17) is 14.2 Å². The van der Waals surface area contributed by atoms with Gasteiger partial charge in [-0.1, -0.05) is 59.7 Å². The summed E-state index contributed by atoms with van der Waals surface area (Å²) in [6, 6.07) is 16.4. The third-order valence-corrected chi connectivity index (χ3v) is 6.66. The van der Waals surface area contributed by atoms with Gasteiger partial charge >= 0.3 is 11.9 Å². The Bertz CT molecular complexity index is 1380. The molecule has 1 aromatic heterocycles. The average molecular weight is 543 g/mol. The van der Waals surface area contributed by atoms with Crippen molar-refractivity contribution in [1.29, 1.82) is 0 Å². The second-order valence-corrected chi connectivity index (χ2v) is 10.1. The lowest BCUT2D eigenvalue weighted by Crippen LogP contribution is -2.40. The van der Waals surface area contributed by atoms with Gasteiger partial charge in [0.05, 0.1) is 7.11 Å². The molecule has 1 atom stereocenters. The van der Waals surface area contributed by atoms with Crippen LogP contribution in [-0.4, -0.2) is 36.0 Å². The first kappa shape index (κ1) is 28.5. The lowest BCUT2D eigenvalue weighted by molar-refractivity contribution is -0.141. The topological polar surface area (TPSA) is 104 Å². The van der Waals surface area contributed by atoms with E-state index in [-0.39, 0.29) is 23.6 Å². The third kappa shape index (κ3) is 7.14. The maximum atomic E-state index is 13.2. The molecule has 8 heteroatoms. The minimum atomic E-state index is -1.03. The summed E-state index contributed by atoms with van der Waals surface area (Å²) < 4.78 is 16.5. The van der Waals surface area contributed by atoms with Crippen molar-refractivity contribution >= 4 is 23.4 Å². The van der Waals surface area contributed by atoms with E-state index in [2.05, 4.69) is 10.3 Å². The highest BCUT2D eigenvalue weighted by atomic mass is 16.6. The van der Waals surface area contributed by atoms with Gasteiger partial charge in [-0.3, -0.25) is 9.59 Å². The summed E-state index contributed by atoms with van der Waals surface area (Å²) in [5.41, 5.74) is 4.63. The first-order valence-corrected chi connectivity index (χ1v) is 13.3. The van der Waals surface area contributed by atoms with Gasteiger partial charge in [0.1, 0.15) is 11.8 Å². The van der Waals surface area contributed by atoms with Crippen LogP contribution in [0.3, 0.4) is 0 Å². The van der Waals surface area contributed by atoms with E-state index in [0.717, 1.165) is 40.7 Å². The number of rotatable bonds is 10. The van der Waals surface area contributed by atoms with Crippen LogP contribution in [0.4, 0.5) is 0 Å². The molecule has 1 fully saturated rings. The number of pyridine rings is 1. The lowest BCUT2D eigenvalue weighted by atomic mass is 9.95. The summed E-state index contributed by atoms with van der Waals surface area (Å²) >= 11 is 0. The molecule has 1 saturated carbocycles. The average Bonchev–Trinajstić information content (AvgIpc) is 3.74. The Hall–Kier alpha value is -4.46. The number of benzene rings is 2. The number of esters is 2. The Labute approximate surface area is 234 Å². The van der Waals surface area contributed by atoms with Gasteiger partial charge in [0.2, 0.25) is 5.75 Å². The number of aromatic nitrogens is 1. The maximum absolute atomic E-state index is 13.2. The molecule has 1 aliphatic carbocycles. The maximum Gasteiger partial charge on any atom is 0.333 e. The number of carbonyl (C=O) groups excluding carboxylic acids is 3. The van der Waals surface area contributed by atoms with Crippen LogP contribution >= 0.6 is 0 Å². The molecule has 4 rings (SSSR count). The highest BCUT2D eigenvalue weighted by Crippen LogP contribution is 2.35. The third-order valence-electron chi connectivity index (χ3n) is 6.66. The van der Waals surface area contributed by atoms with Crippen molar-refractivity contribution in [2.75, 3.05) is 7.11 Å². The molecule has 0 radical (unpaired) electrons. The number of methoxy groups -OCH3 is 1. The number of nitrogens with one attached hydrogen (secondary N) is 1. The summed E-state index contributed by atoms with van der Waals surface area (Å²) in [4.78, 5) is 42.7. The van der Waals surface area contributed by atoms with Gasteiger partial charge < -0.3 is 19.5 Å². The molecule has 1 amide bonds. The number of hydrogen-bond acceptors (Lipinski definition) is 7. The highest BCUT2D eigenvalue weighted by molar-refractivity contribution is 5.99. The smallest absolute Gasteiger partial charge is 0.333 e. The fraction of sp³-hybridized carbons (Fsp3) is 0.312. The molecule has 208 valence electrons. The number of allylic oxidation sites excluding steroid dienone is 1. The van der Waals surface area contributed by atoms with Crippen LogP contribution in [0, 0.1) is 19.8 Å². The lowest BCUT2D eigenvalue weighted by Gasteiger charge is -2.18. The molecule has 1 heterocycles. The predicted octanol–water partition coefficient (Wildman–Crippen LogP) is 5.55. The van der Waals surface area contributed by atoms with Crippen LogP contribution in [0.15, 0.2) is 66.6 Å². The van der Waals surface area contributed by atoms with Crippen LogP contribution in [0.1, 0.15) is 65.9 Å². The Morgan fingerprint density at radius 3 is 2.05 bits per heavy atom. The Kier molecular flexibility index (Phi) is 8.99. The summed E-state index contributed by atoms with van der Waals surface area (Å²) in [6.45, 7) is 7.26. The minimum absolute atomic E-state index is 0.0779. The van der Waals surface area contributed by atoms with Crippen molar-refractivity contribution in [3.05, 3.63) is 94.5 Å². The van der Waals surface area contributed by atoms with E-state index in [9.17, 15) is 14.4 Å². The highest BCUT2D eigenvalue weighted by Gasteiger charge is 2.29. The molecule has 1 N–H and O–H groups in total. The quantitative estimate of drug-likeness (QED) is 0.264. The van der Waals surface area contributed by atoms with E-state index in [1.807, 2.05) is 62.4 Å². The van der Waals surface area contributed by atoms with Gasteiger partial charge in [-0.2, -0.15) is 0 Å². The summed E-state index contributed by atoms with van der Waals surface area (Å²) in [5, 5.41) is 2.61. The van der Waals surface area contributed by atoms with Gasteiger partial charge in [-0.15, -0.1) is 0 Å². The van der Waals surface area contributed by atoms with E-state index in [1.165, 1.54) is 26.3 Å². The predicted molar refractivity (Wildman–Crippen MR) is 151 cm³/mol. The van der Waals surface area contributed by atoms with Crippen molar-refractivity contribution < 1.29 is 28.6 Å². The fourth-order valence-electron chi connectivity index (χ4n) is 4.19. The first-order chi connectivity index (χ1) is 19.2. The van der Waals surface area contributed by atoms with Crippen LogP contribution in [0.5, 0.6) is 11.5 Å². The fourth-order valence-corrected chi connectivity index (χ4v) is 4.19. The minimum Gasteiger partial charge on any atom is -0.493 e. The molecule has 0 unspecified atom stereocenters. The van der Waals surface area contributed by atoms with Gasteiger partial charge in [0.15, 0.2) is 11.4 Å². The van der Waals surface area contributed by atoms with Gasteiger partial charge in [-0.05, 0) is 57.6 Å². The van der Waals surface area contributed by atoms with Crippen molar-refractivity contribution in [2.45, 2.75) is 53.0 Å². The van der Waals surface area contributed by atoms with Crippen LogP contribution < -0.4 is 14.8 Å². The van der Waals surface area contributed by atoms with E-state index in [1.54, 1.807) is 6.92 Å². The molecule has 0 spiro atoms. The zero-order valence-corrected chi connectivity index (χ0v) is 23.4. The number of hydrogen-bond donors (Lipinski definition) is 1. The standard InChI is InChI=1S/C32H34N2O6/c1-19-6-12-24(13-7-19)28(25-14-8-20(2)9-15-25)22(4)39-32(37)21(3)34-31(36)29-30(26(38-5)16-17-33-29)40-27(35)18-23-10-11-23/h6-9,12-17,21,23H,10-11,18H2,1-5H3,(H,34,36)/t21-/m0/s1. The van der Waals surface area contributed by atoms with Gasteiger partial charge in [0.25, 0.3) is 5.91 Å². The molecule has 2 aromatic carbocycles. The van der Waals surface area contributed by atoms with E-state index < -0.39 is 23.9 Å². The Morgan fingerprint density at radius 2 is 1.52 bits per heavy atom. The summed E-state index contributed by atoms with van der Waals surface area (Å²) in [6.07, 6.45) is 3.60. The monoisotopic (exact) mass is 542 g/mol. The summed E-state index contributed by atoms with van der Waals surface area (Å²) in [5.74, 6) is -0.994. The molecule has 0 saturated heterocycles. The second-order valence-electron chi connectivity index (χ2n) is 10.1. The molecule has 1 aliphatic rings. The normalized spacial score (nSPS) is 13.1.